The number of pyridine rings is 1. The van der Waals surface area contributed by atoms with Gasteiger partial charge in [0.15, 0.2) is 11.5 Å². The fourth-order valence-electron chi connectivity index (χ4n) is 2.87. The Hall–Kier alpha value is -2.74. The predicted molar refractivity (Wildman–Crippen MR) is 110 cm³/mol. The van der Waals surface area contributed by atoms with Gasteiger partial charge in [0.1, 0.15) is 11.0 Å². The molecule has 0 bridgehead atoms. The first-order valence-corrected chi connectivity index (χ1v) is 10.2. The maximum absolute atomic E-state index is 12.4. The Morgan fingerprint density at radius 2 is 2.07 bits per heavy atom. The number of methoxy groups -OCH3 is 1. The average Bonchev–Trinajstić information content (AvgIpc) is 3.02. The summed E-state index contributed by atoms with van der Waals surface area (Å²) >= 11 is 1.55. The van der Waals surface area contributed by atoms with Crippen LogP contribution in [0.15, 0.2) is 42.7 Å². The summed E-state index contributed by atoms with van der Waals surface area (Å²) in [6.45, 7) is 5.77. The molecule has 1 fully saturated rings. The highest BCUT2D eigenvalue weighted by Crippen LogP contribution is 2.42. The molecule has 7 nitrogen and oxygen atoms in total. The quantitative estimate of drug-likeness (QED) is 0.534. The SMILES string of the molecule is COc1cc(C2SCC(=O)N2Cc2cccnc2)ccc1OC(=O)OC(C)(C)C. The fraction of sp³-hybridized carbons (Fsp3) is 0.381. The molecule has 1 aliphatic heterocycles. The number of benzene rings is 1. The fourth-order valence-corrected chi connectivity index (χ4v) is 4.05. The molecule has 0 radical (unpaired) electrons. The van der Waals surface area contributed by atoms with Crippen molar-refractivity contribution in [1.82, 2.24) is 9.88 Å². The molecule has 0 aliphatic carbocycles. The highest BCUT2D eigenvalue weighted by atomic mass is 32.2. The van der Waals surface area contributed by atoms with Crippen LogP contribution in [0.5, 0.6) is 11.5 Å². The van der Waals surface area contributed by atoms with Gasteiger partial charge in [0.25, 0.3) is 0 Å². The molecular formula is C21H24N2O5S. The number of amides is 1. The molecule has 1 unspecified atom stereocenters. The summed E-state index contributed by atoms with van der Waals surface area (Å²) in [4.78, 5) is 30.3. The normalized spacial score (nSPS) is 16.6. The molecule has 0 saturated carbocycles. The monoisotopic (exact) mass is 416 g/mol. The summed E-state index contributed by atoms with van der Waals surface area (Å²) in [5.41, 5.74) is 1.20. The van der Waals surface area contributed by atoms with Crippen molar-refractivity contribution in [3.63, 3.8) is 0 Å². The average molecular weight is 416 g/mol. The van der Waals surface area contributed by atoms with Crippen LogP contribution in [-0.2, 0) is 16.1 Å². The number of hydrogen-bond acceptors (Lipinski definition) is 7. The van der Waals surface area contributed by atoms with Gasteiger partial charge in [-0.25, -0.2) is 4.79 Å². The molecule has 1 atom stereocenters. The third-order valence-corrected chi connectivity index (χ3v) is 5.36. The predicted octanol–water partition coefficient (Wildman–Crippen LogP) is 4.18. The zero-order valence-electron chi connectivity index (χ0n) is 16.9. The molecule has 1 aromatic carbocycles. The van der Waals surface area contributed by atoms with E-state index in [9.17, 15) is 9.59 Å². The van der Waals surface area contributed by atoms with Crippen LogP contribution in [0.1, 0.15) is 37.3 Å². The molecule has 2 heterocycles. The molecule has 8 heteroatoms. The lowest BCUT2D eigenvalue weighted by Crippen LogP contribution is -2.27. The topological polar surface area (TPSA) is 78.0 Å². The maximum atomic E-state index is 12.4. The van der Waals surface area contributed by atoms with Crippen LogP contribution in [-0.4, -0.2) is 40.4 Å². The number of aromatic nitrogens is 1. The molecule has 1 aromatic heterocycles. The Labute approximate surface area is 174 Å². The van der Waals surface area contributed by atoms with Crippen LogP contribution in [0.2, 0.25) is 0 Å². The molecule has 0 spiro atoms. The van der Waals surface area contributed by atoms with Crippen molar-refractivity contribution in [2.45, 2.75) is 38.3 Å². The first kappa shape index (κ1) is 21.0. The lowest BCUT2D eigenvalue weighted by molar-refractivity contribution is -0.128. The van der Waals surface area contributed by atoms with Crippen LogP contribution in [0.25, 0.3) is 0 Å². The molecule has 1 saturated heterocycles. The van der Waals surface area contributed by atoms with E-state index in [1.165, 1.54) is 7.11 Å². The molecule has 1 aliphatic rings. The summed E-state index contributed by atoms with van der Waals surface area (Å²) in [6, 6.07) is 9.06. The summed E-state index contributed by atoms with van der Waals surface area (Å²) in [5, 5.41) is -0.160. The van der Waals surface area contributed by atoms with E-state index in [1.807, 2.05) is 23.1 Å². The molecule has 0 N–H and O–H groups in total. The Kier molecular flexibility index (Phi) is 6.32. The zero-order valence-corrected chi connectivity index (χ0v) is 17.7. The highest BCUT2D eigenvalue weighted by Gasteiger charge is 2.33. The van der Waals surface area contributed by atoms with Gasteiger partial charge in [-0.3, -0.25) is 9.78 Å². The minimum atomic E-state index is -0.799. The van der Waals surface area contributed by atoms with Crippen molar-refractivity contribution in [1.29, 1.82) is 0 Å². The molecule has 2 aromatic rings. The number of thioether (sulfide) groups is 1. The zero-order chi connectivity index (χ0) is 21.0. The van der Waals surface area contributed by atoms with Gasteiger partial charge in [-0.15, -0.1) is 11.8 Å². The first-order valence-electron chi connectivity index (χ1n) is 9.15. The summed E-state index contributed by atoms with van der Waals surface area (Å²) in [5.74, 6) is 1.13. The Balaban J connectivity index is 1.79. The Bertz CT molecular complexity index is 882. The summed E-state index contributed by atoms with van der Waals surface area (Å²) < 4.78 is 15.9. The van der Waals surface area contributed by atoms with Gasteiger partial charge in [-0.1, -0.05) is 12.1 Å². The van der Waals surface area contributed by atoms with Crippen LogP contribution < -0.4 is 9.47 Å². The van der Waals surface area contributed by atoms with E-state index in [4.69, 9.17) is 14.2 Å². The smallest absolute Gasteiger partial charge is 0.493 e. The molecule has 1 amide bonds. The lowest BCUT2D eigenvalue weighted by atomic mass is 10.1. The summed E-state index contributed by atoms with van der Waals surface area (Å²) in [6.07, 6.45) is 2.66. The number of rotatable bonds is 5. The van der Waals surface area contributed by atoms with E-state index in [-0.39, 0.29) is 17.0 Å². The van der Waals surface area contributed by atoms with Gasteiger partial charge in [0.05, 0.1) is 12.9 Å². The lowest BCUT2D eigenvalue weighted by Gasteiger charge is -2.25. The van der Waals surface area contributed by atoms with Gasteiger partial charge in [-0.05, 0) is 50.1 Å². The van der Waals surface area contributed by atoms with Crippen LogP contribution in [0.4, 0.5) is 4.79 Å². The minimum absolute atomic E-state index is 0.0666. The molecular weight excluding hydrogens is 392 g/mol. The van der Waals surface area contributed by atoms with E-state index in [0.717, 1.165) is 11.1 Å². The van der Waals surface area contributed by atoms with E-state index in [1.54, 1.807) is 57.1 Å². The second-order valence-electron chi connectivity index (χ2n) is 7.52. The Morgan fingerprint density at radius 3 is 2.72 bits per heavy atom. The second-order valence-corrected chi connectivity index (χ2v) is 8.59. The third kappa shape index (κ3) is 5.41. The van der Waals surface area contributed by atoms with Crippen molar-refractivity contribution in [2.24, 2.45) is 0 Å². The van der Waals surface area contributed by atoms with Crippen molar-refractivity contribution < 1.29 is 23.8 Å². The van der Waals surface area contributed by atoms with E-state index >= 15 is 0 Å². The molecule has 154 valence electrons. The number of nitrogens with zero attached hydrogens (tertiary/aromatic N) is 2. The maximum Gasteiger partial charge on any atom is 0.514 e. The van der Waals surface area contributed by atoms with Crippen molar-refractivity contribution in [3.05, 3.63) is 53.9 Å². The highest BCUT2D eigenvalue weighted by molar-refractivity contribution is 8.00. The Morgan fingerprint density at radius 1 is 1.28 bits per heavy atom. The number of hydrogen-bond donors (Lipinski definition) is 0. The largest absolute Gasteiger partial charge is 0.514 e. The van der Waals surface area contributed by atoms with Crippen LogP contribution in [0, 0.1) is 0 Å². The van der Waals surface area contributed by atoms with Gasteiger partial charge in [0, 0.05) is 18.9 Å². The number of carbonyl (C=O) groups excluding carboxylic acids is 2. The van der Waals surface area contributed by atoms with E-state index in [2.05, 4.69) is 4.98 Å². The van der Waals surface area contributed by atoms with Gasteiger partial charge in [-0.2, -0.15) is 0 Å². The van der Waals surface area contributed by atoms with Crippen LogP contribution in [0.3, 0.4) is 0 Å². The second kappa shape index (κ2) is 8.73. The van der Waals surface area contributed by atoms with Gasteiger partial charge in [0.2, 0.25) is 5.91 Å². The third-order valence-electron chi connectivity index (χ3n) is 4.10. The van der Waals surface area contributed by atoms with E-state index < -0.39 is 11.8 Å². The molecule has 3 rings (SSSR count). The van der Waals surface area contributed by atoms with Crippen molar-refractivity contribution in [2.75, 3.05) is 12.9 Å². The minimum Gasteiger partial charge on any atom is -0.493 e. The van der Waals surface area contributed by atoms with Crippen molar-refractivity contribution in [3.8, 4) is 11.5 Å². The van der Waals surface area contributed by atoms with Gasteiger partial charge >= 0.3 is 6.16 Å². The number of carbonyl (C=O) groups is 2. The van der Waals surface area contributed by atoms with Gasteiger partial charge < -0.3 is 19.1 Å². The first-order chi connectivity index (χ1) is 13.8. The van der Waals surface area contributed by atoms with Crippen LogP contribution >= 0.6 is 11.8 Å². The standard InChI is InChI=1S/C21H24N2O5S/c1-21(2,3)28-20(25)27-16-8-7-15(10-17(16)26-4)19-23(18(24)13-29-19)12-14-6-5-9-22-11-14/h5-11,19H,12-13H2,1-4H3. The number of ether oxygens (including phenoxy) is 3. The summed E-state index contributed by atoms with van der Waals surface area (Å²) in [7, 11) is 1.50. The van der Waals surface area contributed by atoms with E-state index in [0.29, 0.717) is 18.0 Å². The van der Waals surface area contributed by atoms with Crippen molar-refractivity contribution >= 4 is 23.8 Å². The molecule has 29 heavy (non-hydrogen) atoms.